The van der Waals surface area contributed by atoms with Crippen LogP contribution in [0.4, 0.5) is 0 Å². The van der Waals surface area contributed by atoms with Gasteiger partial charge >= 0.3 is 0 Å². The minimum Gasteiger partial charge on any atom is -0.347 e. The SMILES string of the molecule is CC(c1ncc[nH]1)N(CCc1ccc(Cl)cc1)C(=O)C1(Cc2ccccc2)CCN(C(=O)CCc2ccccc2)CC1. The van der Waals surface area contributed by atoms with Crippen LogP contribution >= 0.6 is 11.6 Å². The lowest BCUT2D eigenvalue weighted by Crippen LogP contribution is -2.53. The third-order valence-corrected chi connectivity index (χ3v) is 8.83. The number of hydrogen-bond acceptors (Lipinski definition) is 3. The van der Waals surface area contributed by atoms with Crippen LogP contribution in [0.5, 0.6) is 0 Å². The molecule has 42 heavy (non-hydrogen) atoms. The van der Waals surface area contributed by atoms with Crippen LogP contribution in [0.15, 0.2) is 97.3 Å². The molecule has 6 nitrogen and oxygen atoms in total. The molecule has 4 aromatic rings. The number of aromatic amines is 1. The number of H-pyrrole nitrogens is 1. The summed E-state index contributed by atoms with van der Waals surface area (Å²) in [6, 6.07) is 28.0. The quantitative estimate of drug-likeness (QED) is 0.214. The summed E-state index contributed by atoms with van der Waals surface area (Å²) in [5, 5.41) is 0.697. The predicted octanol–water partition coefficient (Wildman–Crippen LogP) is 6.68. The molecule has 0 spiro atoms. The molecule has 1 fully saturated rings. The van der Waals surface area contributed by atoms with Crippen molar-refractivity contribution in [2.24, 2.45) is 5.41 Å². The molecule has 0 aliphatic carbocycles. The van der Waals surface area contributed by atoms with Crippen molar-refractivity contribution >= 4 is 23.4 Å². The Hall–Kier alpha value is -3.90. The highest BCUT2D eigenvalue weighted by Crippen LogP contribution is 2.39. The van der Waals surface area contributed by atoms with Crippen molar-refractivity contribution in [3.63, 3.8) is 0 Å². The molecule has 3 aromatic carbocycles. The molecule has 218 valence electrons. The average Bonchev–Trinajstić information content (AvgIpc) is 3.57. The maximum absolute atomic E-state index is 14.8. The highest BCUT2D eigenvalue weighted by molar-refractivity contribution is 6.30. The van der Waals surface area contributed by atoms with E-state index in [4.69, 9.17) is 11.6 Å². The van der Waals surface area contributed by atoms with Gasteiger partial charge in [-0.15, -0.1) is 0 Å². The van der Waals surface area contributed by atoms with Crippen LogP contribution in [0.25, 0.3) is 0 Å². The molecule has 1 atom stereocenters. The van der Waals surface area contributed by atoms with Crippen molar-refractivity contribution in [1.82, 2.24) is 19.8 Å². The monoisotopic (exact) mass is 582 g/mol. The van der Waals surface area contributed by atoms with E-state index in [2.05, 4.69) is 34.2 Å². The second kappa shape index (κ2) is 13.8. The maximum atomic E-state index is 14.8. The summed E-state index contributed by atoms with van der Waals surface area (Å²) < 4.78 is 0. The van der Waals surface area contributed by atoms with E-state index in [-0.39, 0.29) is 17.9 Å². The molecule has 0 bridgehead atoms. The molecule has 1 aliphatic rings. The Bertz CT molecular complexity index is 1420. The fraction of sp³-hybridized carbons (Fsp3) is 0.343. The summed E-state index contributed by atoms with van der Waals surface area (Å²) in [4.78, 5) is 39.6. The second-order valence-electron chi connectivity index (χ2n) is 11.3. The zero-order valence-electron chi connectivity index (χ0n) is 24.2. The van der Waals surface area contributed by atoms with Gasteiger partial charge in [-0.2, -0.15) is 0 Å². The lowest BCUT2D eigenvalue weighted by Gasteiger charge is -2.44. The Labute approximate surface area is 253 Å². The van der Waals surface area contributed by atoms with E-state index in [0.717, 1.165) is 23.4 Å². The van der Waals surface area contributed by atoms with Crippen molar-refractivity contribution < 1.29 is 9.59 Å². The maximum Gasteiger partial charge on any atom is 0.229 e. The Balaban J connectivity index is 1.36. The molecule has 1 aliphatic heterocycles. The average molecular weight is 583 g/mol. The molecule has 1 saturated heterocycles. The van der Waals surface area contributed by atoms with E-state index in [1.54, 1.807) is 12.4 Å². The van der Waals surface area contributed by atoms with E-state index < -0.39 is 5.41 Å². The highest BCUT2D eigenvalue weighted by Gasteiger charge is 2.45. The van der Waals surface area contributed by atoms with Crippen molar-refractivity contribution in [2.45, 2.75) is 51.5 Å². The van der Waals surface area contributed by atoms with Gasteiger partial charge in [-0.25, -0.2) is 4.98 Å². The van der Waals surface area contributed by atoms with Crippen molar-refractivity contribution in [1.29, 1.82) is 0 Å². The van der Waals surface area contributed by atoms with Gasteiger partial charge in [-0.05, 0) is 67.9 Å². The zero-order chi connectivity index (χ0) is 29.4. The summed E-state index contributed by atoms with van der Waals surface area (Å²) in [6.45, 7) is 3.74. The van der Waals surface area contributed by atoms with E-state index in [9.17, 15) is 9.59 Å². The first kappa shape index (κ1) is 29.6. The topological polar surface area (TPSA) is 69.3 Å². The predicted molar refractivity (Wildman–Crippen MR) is 167 cm³/mol. The molecule has 2 amide bonds. The fourth-order valence-corrected chi connectivity index (χ4v) is 6.15. The number of hydrogen-bond donors (Lipinski definition) is 1. The molecule has 2 heterocycles. The molecule has 1 aromatic heterocycles. The molecule has 0 saturated carbocycles. The second-order valence-corrected chi connectivity index (χ2v) is 11.8. The van der Waals surface area contributed by atoms with E-state index in [1.165, 1.54) is 5.56 Å². The number of carbonyl (C=O) groups excluding carboxylic acids is 2. The molecular weight excluding hydrogens is 544 g/mol. The van der Waals surface area contributed by atoms with Crippen molar-refractivity contribution in [3.8, 4) is 0 Å². The minimum absolute atomic E-state index is 0.126. The molecular formula is C35H39ClN4O2. The smallest absolute Gasteiger partial charge is 0.229 e. The van der Waals surface area contributed by atoms with Gasteiger partial charge in [0.2, 0.25) is 11.8 Å². The van der Waals surface area contributed by atoms with E-state index >= 15 is 0 Å². The number of likely N-dealkylation sites (tertiary alicyclic amines) is 1. The summed E-state index contributed by atoms with van der Waals surface area (Å²) in [5.41, 5.74) is 2.82. The Morgan fingerprint density at radius 2 is 1.52 bits per heavy atom. The minimum atomic E-state index is -0.613. The van der Waals surface area contributed by atoms with Crippen LogP contribution in [0.3, 0.4) is 0 Å². The van der Waals surface area contributed by atoms with E-state index in [0.29, 0.717) is 56.8 Å². The Morgan fingerprint density at radius 1 is 0.905 bits per heavy atom. The number of nitrogens with one attached hydrogen (secondary N) is 1. The van der Waals surface area contributed by atoms with Gasteiger partial charge in [0.1, 0.15) is 5.82 Å². The Morgan fingerprint density at radius 3 is 2.14 bits per heavy atom. The number of benzene rings is 3. The van der Waals surface area contributed by atoms with Gasteiger partial charge in [0.15, 0.2) is 0 Å². The molecule has 1 N–H and O–H groups in total. The largest absolute Gasteiger partial charge is 0.347 e. The van der Waals surface area contributed by atoms with Crippen molar-refractivity contribution in [2.75, 3.05) is 19.6 Å². The number of aryl methyl sites for hydroxylation is 1. The van der Waals surface area contributed by atoms with Gasteiger partial charge in [-0.3, -0.25) is 9.59 Å². The van der Waals surface area contributed by atoms with Crippen LogP contribution in [-0.4, -0.2) is 51.2 Å². The molecule has 1 unspecified atom stereocenters. The van der Waals surface area contributed by atoms with Gasteiger partial charge in [0.25, 0.3) is 0 Å². The van der Waals surface area contributed by atoms with Crippen molar-refractivity contribution in [3.05, 3.63) is 125 Å². The highest BCUT2D eigenvalue weighted by atomic mass is 35.5. The lowest BCUT2D eigenvalue weighted by atomic mass is 9.72. The number of nitrogens with zero attached hydrogens (tertiary/aromatic N) is 3. The number of amides is 2. The summed E-state index contributed by atoms with van der Waals surface area (Å²) in [6.07, 6.45) is 7.33. The summed E-state index contributed by atoms with van der Waals surface area (Å²) in [5.74, 6) is 1.05. The van der Waals surface area contributed by atoms with Crippen LogP contribution in [0.2, 0.25) is 5.02 Å². The number of imidazole rings is 1. The van der Waals surface area contributed by atoms with Crippen LogP contribution < -0.4 is 0 Å². The number of piperidine rings is 1. The third-order valence-electron chi connectivity index (χ3n) is 8.58. The van der Waals surface area contributed by atoms with Crippen LogP contribution in [0.1, 0.15) is 54.7 Å². The van der Waals surface area contributed by atoms with Crippen LogP contribution in [0, 0.1) is 5.41 Å². The van der Waals surface area contributed by atoms with Gasteiger partial charge in [-0.1, -0.05) is 84.4 Å². The number of rotatable bonds is 11. The molecule has 7 heteroatoms. The first-order valence-corrected chi connectivity index (χ1v) is 15.2. The molecule has 0 radical (unpaired) electrons. The Kier molecular flexibility index (Phi) is 9.75. The fourth-order valence-electron chi connectivity index (χ4n) is 6.02. The normalized spacial score (nSPS) is 15.2. The van der Waals surface area contributed by atoms with Gasteiger partial charge in [0, 0.05) is 43.5 Å². The molecule has 5 rings (SSSR count). The number of carbonyl (C=O) groups is 2. The van der Waals surface area contributed by atoms with E-state index in [1.807, 2.05) is 77.4 Å². The van der Waals surface area contributed by atoms with Gasteiger partial charge < -0.3 is 14.8 Å². The standard InChI is InChI=1S/C35H39ClN4O2/c1-27(33-37-21-22-38-33)40(23-18-29-12-15-31(36)16-13-29)34(42)35(26-30-10-6-3-7-11-30)19-24-39(25-20-35)32(41)17-14-28-8-4-2-5-9-28/h2-13,15-16,21-22,27H,14,17-20,23-26H2,1H3,(H,37,38). The number of aromatic nitrogens is 2. The van der Waals surface area contributed by atoms with Crippen LogP contribution in [-0.2, 0) is 28.9 Å². The third kappa shape index (κ3) is 7.29. The number of halogens is 1. The first-order valence-electron chi connectivity index (χ1n) is 14.8. The van der Waals surface area contributed by atoms with Gasteiger partial charge in [0.05, 0.1) is 11.5 Å². The summed E-state index contributed by atoms with van der Waals surface area (Å²) >= 11 is 6.12. The lowest BCUT2D eigenvalue weighted by molar-refractivity contribution is -0.150. The summed E-state index contributed by atoms with van der Waals surface area (Å²) in [7, 11) is 0. The zero-order valence-corrected chi connectivity index (χ0v) is 25.0. The first-order chi connectivity index (χ1) is 20.4.